The Morgan fingerprint density at radius 3 is 1.15 bits per heavy atom. The molecule has 0 saturated carbocycles. The first-order chi connectivity index (χ1) is 17.4. The van der Waals surface area contributed by atoms with E-state index >= 15 is 0 Å². The van der Waals surface area contributed by atoms with Gasteiger partial charge in [0.1, 0.15) is 12.2 Å². The number of rotatable bonds is 5. The summed E-state index contributed by atoms with van der Waals surface area (Å²) in [5.41, 5.74) is -0.889. The molecule has 7 nitrogen and oxygen atoms in total. The first kappa shape index (κ1) is 32.3. The molecular weight excluding hydrogens is 490 g/mol. The average Bonchev–Trinajstić information content (AvgIpc) is 2.67. The minimum absolute atomic E-state index is 0.118. The van der Waals surface area contributed by atoms with Crippen LogP contribution in [0.1, 0.15) is 122 Å². The van der Waals surface area contributed by atoms with Gasteiger partial charge in [-0.05, 0) is 116 Å². The van der Waals surface area contributed by atoms with Crippen molar-refractivity contribution in [2.24, 2.45) is 11.8 Å². The molecule has 0 aromatic rings. The summed E-state index contributed by atoms with van der Waals surface area (Å²) in [5, 5.41) is 3.69. The van der Waals surface area contributed by atoms with Gasteiger partial charge < -0.3 is 14.8 Å². The monoisotopic (exact) mass is 549 g/mol. The van der Waals surface area contributed by atoms with Crippen LogP contribution in [0.2, 0.25) is 0 Å². The lowest BCUT2D eigenvalue weighted by atomic mass is 9.70. The Kier molecular flexibility index (Phi) is 8.52. The minimum Gasteiger partial charge on any atom is -0.462 e. The zero-order valence-corrected chi connectivity index (χ0v) is 27.6. The van der Waals surface area contributed by atoms with Gasteiger partial charge in [-0.3, -0.25) is 19.4 Å². The van der Waals surface area contributed by atoms with E-state index in [2.05, 4.69) is 112 Å². The third kappa shape index (κ3) is 7.19. The van der Waals surface area contributed by atoms with Crippen molar-refractivity contribution in [2.45, 2.75) is 167 Å². The highest BCUT2D eigenvalue weighted by Crippen LogP contribution is 2.43. The Labute approximate surface area is 239 Å². The van der Waals surface area contributed by atoms with E-state index in [1.807, 2.05) is 0 Å². The highest BCUT2D eigenvalue weighted by molar-refractivity contribution is 5.95. The largest absolute Gasteiger partial charge is 0.462 e. The zero-order valence-electron chi connectivity index (χ0n) is 27.6. The van der Waals surface area contributed by atoms with Crippen LogP contribution in [0, 0.1) is 11.8 Å². The summed E-state index contributed by atoms with van der Waals surface area (Å²) in [6.07, 6.45) is 3.89. The van der Waals surface area contributed by atoms with Crippen LogP contribution in [-0.2, 0) is 19.1 Å². The van der Waals surface area contributed by atoms with Crippen LogP contribution in [0.15, 0.2) is 0 Å². The van der Waals surface area contributed by atoms with Gasteiger partial charge in [0, 0.05) is 58.9 Å². The smallest absolute Gasteiger partial charge is 0.320 e. The molecule has 3 fully saturated rings. The molecular formula is C32H59N3O4. The van der Waals surface area contributed by atoms with E-state index in [1.54, 1.807) is 0 Å². The number of esters is 2. The summed E-state index contributed by atoms with van der Waals surface area (Å²) in [6.45, 7) is 26.2. The van der Waals surface area contributed by atoms with Crippen LogP contribution in [0.3, 0.4) is 0 Å². The van der Waals surface area contributed by atoms with Gasteiger partial charge in [0.2, 0.25) is 0 Å². The van der Waals surface area contributed by atoms with E-state index in [9.17, 15) is 9.59 Å². The maximum atomic E-state index is 14.1. The fraction of sp³-hybridized carbons (Fsp3) is 0.938. The van der Waals surface area contributed by atoms with Gasteiger partial charge in [-0.15, -0.1) is 0 Å². The number of ether oxygens (including phenoxy) is 2. The van der Waals surface area contributed by atoms with Gasteiger partial charge in [-0.2, -0.15) is 0 Å². The van der Waals surface area contributed by atoms with Gasteiger partial charge in [0.15, 0.2) is 5.92 Å². The van der Waals surface area contributed by atoms with Crippen molar-refractivity contribution >= 4 is 11.9 Å². The van der Waals surface area contributed by atoms with E-state index < -0.39 is 17.9 Å². The number of nitrogens with zero attached hydrogens (tertiary/aromatic N) is 2. The number of piperidine rings is 3. The lowest BCUT2D eigenvalue weighted by molar-refractivity contribution is -0.181. The maximum Gasteiger partial charge on any atom is 0.320 e. The molecule has 7 heteroatoms. The van der Waals surface area contributed by atoms with E-state index in [1.165, 1.54) is 0 Å². The Morgan fingerprint density at radius 1 is 0.590 bits per heavy atom. The summed E-state index contributed by atoms with van der Waals surface area (Å²) in [5.74, 6) is -1.91. The quantitative estimate of drug-likeness (QED) is 0.356. The normalized spacial score (nSPS) is 29.2. The van der Waals surface area contributed by atoms with Crippen molar-refractivity contribution in [2.75, 3.05) is 14.1 Å². The Bertz CT molecular complexity index is 828. The molecule has 3 heterocycles. The summed E-state index contributed by atoms with van der Waals surface area (Å²) < 4.78 is 12.6. The van der Waals surface area contributed by atoms with Crippen LogP contribution in [0.4, 0.5) is 0 Å². The molecule has 0 atom stereocenters. The molecule has 0 aromatic heterocycles. The molecule has 3 aliphatic heterocycles. The maximum absolute atomic E-state index is 14.1. The first-order valence-corrected chi connectivity index (χ1v) is 15.1. The highest BCUT2D eigenvalue weighted by atomic mass is 16.6. The van der Waals surface area contributed by atoms with E-state index in [0.717, 1.165) is 25.7 Å². The summed E-state index contributed by atoms with van der Waals surface area (Å²) in [6, 6.07) is 0. The number of carbonyl (C=O) groups is 2. The summed E-state index contributed by atoms with van der Waals surface area (Å²) >= 11 is 0. The van der Waals surface area contributed by atoms with Crippen LogP contribution in [0.25, 0.3) is 0 Å². The Balaban J connectivity index is 1.88. The van der Waals surface area contributed by atoms with Crippen molar-refractivity contribution in [3.63, 3.8) is 0 Å². The Hall–Kier alpha value is -1.18. The lowest BCUT2D eigenvalue weighted by Gasteiger charge is -2.53. The molecule has 0 radical (unpaired) electrons. The molecule has 226 valence electrons. The highest BCUT2D eigenvalue weighted by Gasteiger charge is 2.51. The second kappa shape index (κ2) is 10.3. The van der Waals surface area contributed by atoms with Gasteiger partial charge >= 0.3 is 11.9 Å². The van der Waals surface area contributed by atoms with E-state index in [4.69, 9.17) is 9.47 Å². The van der Waals surface area contributed by atoms with Gasteiger partial charge in [-0.25, -0.2) is 0 Å². The molecule has 39 heavy (non-hydrogen) atoms. The molecule has 0 bridgehead atoms. The van der Waals surface area contributed by atoms with Crippen molar-refractivity contribution in [3.05, 3.63) is 0 Å². The van der Waals surface area contributed by atoms with E-state index in [0.29, 0.717) is 12.8 Å². The third-order valence-corrected chi connectivity index (χ3v) is 10.3. The summed E-state index contributed by atoms with van der Waals surface area (Å²) in [7, 11) is 4.28. The Morgan fingerprint density at radius 2 is 0.872 bits per heavy atom. The van der Waals surface area contributed by atoms with E-state index in [-0.39, 0.29) is 51.4 Å². The number of hydrogen-bond donors (Lipinski definition) is 1. The molecule has 0 amide bonds. The average molecular weight is 550 g/mol. The number of carbonyl (C=O) groups excluding carboxylic acids is 2. The standard InChI is InChI=1S/C32H59N3O4/c1-27(2)15-21(16-28(3,4)33-27)24(25(36)38-22-17-29(5,6)34(13)30(7,8)18-22)26(37)39-23-19-31(9,10)35(14)32(11,12)20-23/h21-24,33H,15-20H2,1-14H3. The molecule has 3 rings (SSSR count). The zero-order chi connectivity index (χ0) is 30.0. The SMILES string of the molecule is CN1C(C)(C)CC(OC(=O)C(C(=O)OC2CC(C)(C)N(C)C(C)(C)C2)C2CC(C)(C)NC(C)(C)C2)CC1(C)C. The minimum atomic E-state index is -0.928. The fourth-order valence-corrected chi connectivity index (χ4v) is 8.32. The molecule has 1 N–H and O–H groups in total. The molecule has 0 unspecified atom stereocenters. The predicted octanol–water partition coefficient (Wildman–Crippen LogP) is 5.55. The van der Waals surface area contributed by atoms with Crippen molar-refractivity contribution in [1.29, 1.82) is 0 Å². The molecule has 0 spiro atoms. The number of hydrogen-bond acceptors (Lipinski definition) is 7. The van der Waals surface area contributed by atoms with Crippen molar-refractivity contribution in [1.82, 2.24) is 15.1 Å². The van der Waals surface area contributed by atoms with Crippen LogP contribution < -0.4 is 5.32 Å². The second-order valence-electron chi connectivity index (χ2n) is 16.8. The molecule has 3 aliphatic rings. The van der Waals surface area contributed by atoms with Crippen LogP contribution in [-0.4, -0.2) is 81.3 Å². The van der Waals surface area contributed by atoms with Gasteiger partial charge in [0.05, 0.1) is 0 Å². The first-order valence-electron chi connectivity index (χ1n) is 15.1. The fourth-order valence-electron chi connectivity index (χ4n) is 8.32. The number of likely N-dealkylation sites (tertiary alicyclic amines) is 2. The molecule has 0 aromatic carbocycles. The van der Waals surface area contributed by atoms with Crippen molar-refractivity contribution < 1.29 is 19.1 Å². The third-order valence-electron chi connectivity index (χ3n) is 10.3. The lowest BCUT2D eigenvalue weighted by Crippen LogP contribution is -2.62. The topological polar surface area (TPSA) is 71.1 Å². The molecule has 3 saturated heterocycles. The predicted molar refractivity (Wildman–Crippen MR) is 158 cm³/mol. The van der Waals surface area contributed by atoms with Crippen LogP contribution >= 0.6 is 0 Å². The van der Waals surface area contributed by atoms with Gasteiger partial charge in [-0.1, -0.05) is 0 Å². The molecule has 0 aliphatic carbocycles. The van der Waals surface area contributed by atoms with Crippen LogP contribution in [0.5, 0.6) is 0 Å². The van der Waals surface area contributed by atoms with Crippen molar-refractivity contribution in [3.8, 4) is 0 Å². The summed E-state index contributed by atoms with van der Waals surface area (Å²) in [4.78, 5) is 32.9. The van der Waals surface area contributed by atoms with Gasteiger partial charge in [0.25, 0.3) is 0 Å². The number of nitrogens with one attached hydrogen (secondary N) is 1. The second-order valence-corrected chi connectivity index (χ2v) is 16.8.